The topological polar surface area (TPSA) is 30.5 Å². The van der Waals surface area contributed by atoms with Gasteiger partial charge in [-0.1, -0.05) is 18.2 Å². The second-order valence-electron chi connectivity index (χ2n) is 4.58. The van der Waals surface area contributed by atoms with Crippen LogP contribution in [0.25, 0.3) is 0 Å². The lowest BCUT2D eigenvalue weighted by Crippen LogP contribution is -2.07. The molecule has 0 atom stereocenters. The number of alkyl halides is 3. The van der Waals surface area contributed by atoms with Crippen LogP contribution in [-0.4, -0.2) is 14.2 Å². The van der Waals surface area contributed by atoms with Crippen molar-refractivity contribution in [2.75, 3.05) is 19.5 Å². The number of nitrogens with one attached hydrogen (secondary N) is 1. The van der Waals surface area contributed by atoms with Gasteiger partial charge >= 0.3 is 6.18 Å². The summed E-state index contributed by atoms with van der Waals surface area (Å²) in [4.78, 5) is 0. The molecule has 2 aromatic carbocycles. The normalized spacial score (nSPS) is 11.1. The third-order valence-corrected chi connectivity index (χ3v) is 3.16. The molecule has 0 aliphatic carbocycles. The summed E-state index contributed by atoms with van der Waals surface area (Å²) in [5.74, 6) is 1.13. The average molecular weight is 311 g/mol. The quantitative estimate of drug-likeness (QED) is 0.891. The zero-order valence-corrected chi connectivity index (χ0v) is 12.2. The van der Waals surface area contributed by atoms with E-state index in [-0.39, 0.29) is 0 Å². The van der Waals surface area contributed by atoms with Gasteiger partial charge in [-0.2, -0.15) is 13.2 Å². The molecular formula is C16H16F3NO2. The fourth-order valence-corrected chi connectivity index (χ4v) is 2.10. The number of anilines is 1. The second kappa shape index (κ2) is 6.60. The highest BCUT2D eigenvalue weighted by Crippen LogP contribution is 2.32. The molecule has 0 aliphatic heterocycles. The Hall–Kier alpha value is -2.37. The molecule has 0 aliphatic rings. The number of benzene rings is 2. The standard InChI is InChI=1S/C16H16F3NO2/c1-21-14-8-3-5-11(15(14)22-2)10-20-13-7-4-6-12(9-13)16(17,18)19/h3-9,20H,10H2,1-2H3. The van der Waals surface area contributed by atoms with Gasteiger partial charge in [-0.25, -0.2) is 0 Å². The Labute approximate surface area is 126 Å². The van der Waals surface area contributed by atoms with E-state index in [0.717, 1.165) is 17.7 Å². The Morgan fingerprint density at radius 3 is 2.36 bits per heavy atom. The lowest BCUT2D eigenvalue weighted by atomic mass is 10.1. The predicted molar refractivity (Wildman–Crippen MR) is 78.3 cm³/mol. The SMILES string of the molecule is COc1cccc(CNc2cccc(C(F)(F)F)c2)c1OC. The third kappa shape index (κ3) is 3.63. The molecule has 2 aromatic rings. The monoisotopic (exact) mass is 311 g/mol. The summed E-state index contributed by atoms with van der Waals surface area (Å²) in [6.07, 6.45) is -4.36. The van der Waals surface area contributed by atoms with Gasteiger partial charge in [0.2, 0.25) is 0 Å². The molecule has 22 heavy (non-hydrogen) atoms. The van der Waals surface area contributed by atoms with Crippen molar-refractivity contribution >= 4 is 5.69 Å². The van der Waals surface area contributed by atoms with Gasteiger partial charge in [-0.15, -0.1) is 0 Å². The number of hydrogen-bond donors (Lipinski definition) is 1. The van der Waals surface area contributed by atoms with Crippen LogP contribution in [0.5, 0.6) is 11.5 Å². The third-order valence-electron chi connectivity index (χ3n) is 3.16. The van der Waals surface area contributed by atoms with E-state index in [1.54, 1.807) is 18.2 Å². The Bertz CT molecular complexity index is 642. The summed E-state index contributed by atoms with van der Waals surface area (Å²) in [5, 5.41) is 2.96. The molecule has 118 valence electrons. The van der Waals surface area contributed by atoms with Crippen molar-refractivity contribution in [2.24, 2.45) is 0 Å². The van der Waals surface area contributed by atoms with Crippen LogP contribution in [0.4, 0.5) is 18.9 Å². The van der Waals surface area contributed by atoms with Crippen LogP contribution in [0, 0.1) is 0 Å². The maximum Gasteiger partial charge on any atom is 0.416 e. The number of hydrogen-bond acceptors (Lipinski definition) is 3. The molecule has 0 aromatic heterocycles. The fourth-order valence-electron chi connectivity index (χ4n) is 2.10. The van der Waals surface area contributed by atoms with Gasteiger partial charge in [-0.05, 0) is 24.3 Å². The maximum atomic E-state index is 12.7. The highest BCUT2D eigenvalue weighted by Gasteiger charge is 2.30. The minimum atomic E-state index is -4.36. The van der Waals surface area contributed by atoms with Gasteiger partial charge in [0, 0.05) is 17.8 Å². The zero-order chi connectivity index (χ0) is 16.2. The van der Waals surface area contributed by atoms with E-state index >= 15 is 0 Å². The summed E-state index contributed by atoms with van der Waals surface area (Å²) in [6.45, 7) is 0.321. The highest BCUT2D eigenvalue weighted by atomic mass is 19.4. The Balaban J connectivity index is 2.17. The van der Waals surface area contributed by atoms with Crippen molar-refractivity contribution in [1.29, 1.82) is 0 Å². The van der Waals surface area contributed by atoms with Gasteiger partial charge in [0.25, 0.3) is 0 Å². The van der Waals surface area contributed by atoms with E-state index in [0.29, 0.717) is 23.7 Å². The molecule has 0 heterocycles. The zero-order valence-electron chi connectivity index (χ0n) is 12.2. The summed E-state index contributed by atoms with van der Waals surface area (Å²) in [5.41, 5.74) is 0.495. The number of rotatable bonds is 5. The van der Waals surface area contributed by atoms with Gasteiger partial charge in [-0.3, -0.25) is 0 Å². The first-order valence-electron chi connectivity index (χ1n) is 6.56. The summed E-state index contributed by atoms with van der Waals surface area (Å²) in [6, 6.07) is 10.4. The van der Waals surface area contributed by atoms with Crippen LogP contribution < -0.4 is 14.8 Å². The number of para-hydroxylation sites is 1. The molecule has 0 saturated carbocycles. The van der Waals surface area contributed by atoms with Crippen LogP contribution in [0.1, 0.15) is 11.1 Å². The van der Waals surface area contributed by atoms with Crippen molar-refractivity contribution in [3.8, 4) is 11.5 Å². The summed E-state index contributed by atoms with van der Waals surface area (Å²) >= 11 is 0. The molecule has 1 N–H and O–H groups in total. The summed E-state index contributed by atoms with van der Waals surface area (Å²) in [7, 11) is 3.05. The average Bonchev–Trinajstić information content (AvgIpc) is 2.51. The van der Waals surface area contributed by atoms with Crippen molar-refractivity contribution < 1.29 is 22.6 Å². The molecule has 0 unspecified atom stereocenters. The first-order valence-corrected chi connectivity index (χ1v) is 6.56. The molecule has 0 fully saturated rings. The van der Waals surface area contributed by atoms with E-state index in [4.69, 9.17) is 9.47 Å². The van der Waals surface area contributed by atoms with Crippen LogP contribution in [0.15, 0.2) is 42.5 Å². The Kier molecular flexibility index (Phi) is 4.80. The highest BCUT2D eigenvalue weighted by molar-refractivity contribution is 5.51. The van der Waals surface area contributed by atoms with Crippen molar-refractivity contribution in [1.82, 2.24) is 0 Å². The van der Waals surface area contributed by atoms with Gasteiger partial charge in [0.15, 0.2) is 11.5 Å². The van der Waals surface area contributed by atoms with Crippen LogP contribution in [-0.2, 0) is 12.7 Å². The fraction of sp³-hybridized carbons (Fsp3) is 0.250. The van der Waals surface area contributed by atoms with E-state index in [9.17, 15) is 13.2 Å². The number of ether oxygens (including phenoxy) is 2. The van der Waals surface area contributed by atoms with E-state index in [2.05, 4.69) is 5.32 Å². The minimum Gasteiger partial charge on any atom is -0.493 e. The second-order valence-corrected chi connectivity index (χ2v) is 4.58. The minimum absolute atomic E-state index is 0.321. The van der Waals surface area contributed by atoms with Gasteiger partial charge < -0.3 is 14.8 Å². The predicted octanol–water partition coefficient (Wildman–Crippen LogP) is 4.33. The van der Waals surface area contributed by atoms with E-state index in [1.807, 2.05) is 6.07 Å². The number of methoxy groups -OCH3 is 2. The molecule has 0 radical (unpaired) electrons. The molecule has 0 amide bonds. The van der Waals surface area contributed by atoms with Crippen LogP contribution in [0.2, 0.25) is 0 Å². The lowest BCUT2D eigenvalue weighted by Gasteiger charge is -2.14. The largest absolute Gasteiger partial charge is 0.493 e. The number of halogens is 3. The van der Waals surface area contributed by atoms with Crippen molar-refractivity contribution in [2.45, 2.75) is 12.7 Å². The van der Waals surface area contributed by atoms with Crippen molar-refractivity contribution in [3.05, 3.63) is 53.6 Å². The first-order chi connectivity index (χ1) is 10.5. The Morgan fingerprint density at radius 1 is 1.00 bits per heavy atom. The molecule has 0 bridgehead atoms. The maximum absolute atomic E-state index is 12.7. The van der Waals surface area contributed by atoms with Crippen LogP contribution in [0.3, 0.4) is 0 Å². The van der Waals surface area contributed by atoms with E-state index < -0.39 is 11.7 Å². The van der Waals surface area contributed by atoms with Gasteiger partial charge in [0.05, 0.1) is 19.8 Å². The molecule has 3 nitrogen and oxygen atoms in total. The molecule has 0 spiro atoms. The molecule has 2 rings (SSSR count). The summed E-state index contributed by atoms with van der Waals surface area (Å²) < 4.78 is 48.5. The molecule has 0 saturated heterocycles. The molecular weight excluding hydrogens is 295 g/mol. The molecule has 6 heteroatoms. The Morgan fingerprint density at radius 2 is 1.73 bits per heavy atom. The first kappa shape index (κ1) is 16.0. The van der Waals surface area contributed by atoms with Crippen LogP contribution >= 0.6 is 0 Å². The smallest absolute Gasteiger partial charge is 0.416 e. The lowest BCUT2D eigenvalue weighted by molar-refractivity contribution is -0.137. The van der Waals surface area contributed by atoms with Gasteiger partial charge in [0.1, 0.15) is 0 Å². The van der Waals surface area contributed by atoms with E-state index in [1.165, 1.54) is 20.3 Å². The van der Waals surface area contributed by atoms with Crippen molar-refractivity contribution in [3.63, 3.8) is 0 Å².